The van der Waals surface area contributed by atoms with E-state index >= 15 is 0 Å². The first kappa shape index (κ1) is 13.8. The van der Waals surface area contributed by atoms with Crippen LogP contribution in [-0.2, 0) is 0 Å². The van der Waals surface area contributed by atoms with E-state index in [1.54, 1.807) is 36.8 Å². The molecule has 0 fully saturated rings. The lowest BCUT2D eigenvalue weighted by molar-refractivity contribution is 0.0955. The van der Waals surface area contributed by atoms with Crippen LogP contribution in [0.4, 0.5) is 0 Å². The van der Waals surface area contributed by atoms with Gasteiger partial charge in [-0.25, -0.2) is 5.43 Å². The minimum absolute atomic E-state index is 0.265. The number of amides is 1. The molecule has 0 aliphatic heterocycles. The monoisotopic (exact) mass is 290 g/mol. The van der Waals surface area contributed by atoms with E-state index in [1.807, 2.05) is 36.5 Å². The number of carbonyl (C=O) groups is 1. The molecule has 0 saturated carbocycles. The van der Waals surface area contributed by atoms with Crippen LogP contribution < -0.4 is 5.43 Å². The highest BCUT2D eigenvalue weighted by atomic mass is 16.2. The van der Waals surface area contributed by atoms with Crippen molar-refractivity contribution >= 4 is 29.1 Å². The summed E-state index contributed by atoms with van der Waals surface area (Å²) < 4.78 is 0. The van der Waals surface area contributed by atoms with Gasteiger partial charge in [-0.3, -0.25) is 9.78 Å². The van der Waals surface area contributed by atoms with Crippen molar-refractivity contribution < 1.29 is 4.79 Å². The number of hydrogen-bond acceptors (Lipinski definition) is 3. The van der Waals surface area contributed by atoms with Crippen LogP contribution in [0.1, 0.15) is 15.9 Å². The summed E-state index contributed by atoms with van der Waals surface area (Å²) in [5, 5.41) is 5.03. The van der Waals surface area contributed by atoms with Crippen molar-refractivity contribution in [1.29, 1.82) is 0 Å². The van der Waals surface area contributed by atoms with Gasteiger partial charge in [-0.1, -0.05) is 24.3 Å². The molecule has 0 atom stereocenters. The summed E-state index contributed by atoms with van der Waals surface area (Å²) in [6, 6.07) is 11.3. The second-order valence-electron chi connectivity index (χ2n) is 4.60. The molecule has 0 saturated heterocycles. The minimum Gasteiger partial charge on any atom is -0.361 e. The Morgan fingerprint density at radius 2 is 2.00 bits per heavy atom. The van der Waals surface area contributed by atoms with E-state index < -0.39 is 0 Å². The number of aromatic amines is 1. The molecule has 1 amide bonds. The first-order chi connectivity index (χ1) is 10.8. The Balaban J connectivity index is 1.61. The molecular weight excluding hydrogens is 276 g/mol. The van der Waals surface area contributed by atoms with Crippen LogP contribution in [0.2, 0.25) is 0 Å². The van der Waals surface area contributed by atoms with E-state index in [4.69, 9.17) is 0 Å². The minimum atomic E-state index is -0.265. The van der Waals surface area contributed by atoms with Crippen molar-refractivity contribution in [3.8, 4) is 0 Å². The summed E-state index contributed by atoms with van der Waals surface area (Å²) in [5.41, 5.74) is 5.14. The third kappa shape index (κ3) is 3.09. The number of hydrazone groups is 1. The molecule has 2 heterocycles. The predicted molar refractivity (Wildman–Crippen MR) is 87.5 cm³/mol. The van der Waals surface area contributed by atoms with Gasteiger partial charge in [-0.05, 0) is 29.8 Å². The predicted octanol–water partition coefficient (Wildman–Crippen LogP) is 2.99. The van der Waals surface area contributed by atoms with Crippen molar-refractivity contribution in [2.75, 3.05) is 0 Å². The maximum Gasteiger partial charge on any atom is 0.271 e. The zero-order valence-corrected chi connectivity index (χ0v) is 11.7. The summed E-state index contributed by atoms with van der Waals surface area (Å²) in [5.74, 6) is -0.265. The molecule has 2 N–H and O–H groups in total. The number of rotatable bonds is 4. The van der Waals surface area contributed by atoms with Crippen LogP contribution in [0.5, 0.6) is 0 Å². The molecule has 5 heteroatoms. The number of benzene rings is 1. The fraction of sp³-hybridized carbons (Fsp3) is 0. The van der Waals surface area contributed by atoms with Gasteiger partial charge in [0.1, 0.15) is 0 Å². The standard InChI is InChI=1S/C17H14N4O/c22-17(13-7-10-18-11-8-13)21-20-9-3-4-14-12-19-16-6-2-1-5-15(14)16/h1-12,19H,(H,21,22)/b4-3+,20-9+. The van der Waals surface area contributed by atoms with Gasteiger partial charge in [-0.15, -0.1) is 0 Å². The van der Waals surface area contributed by atoms with Gasteiger partial charge >= 0.3 is 0 Å². The maximum atomic E-state index is 11.7. The number of hydrogen-bond donors (Lipinski definition) is 2. The molecule has 0 bridgehead atoms. The van der Waals surface area contributed by atoms with Gasteiger partial charge in [0.05, 0.1) is 0 Å². The molecule has 2 aromatic heterocycles. The molecule has 0 radical (unpaired) electrons. The van der Waals surface area contributed by atoms with Gasteiger partial charge in [-0.2, -0.15) is 5.10 Å². The quantitative estimate of drug-likeness (QED) is 0.573. The Morgan fingerprint density at radius 1 is 1.18 bits per heavy atom. The van der Waals surface area contributed by atoms with Gasteiger partial charge in [0.15, 0.2) is 0 Å². The van der Waals surface area contributed by atoms with Crippen molar-refractivity contribution in [2.24, 2.45) is 5.10 Å². The summed E-state index contributed by atoms with van der Waals surface area (Å²) in [6.07, 6.45) is 10.3. The number of para-hydroxylation sites is 1. The Bertz CT molecular complexity index is 834. The number of fused-ring (bicyclic) bond motifs is 1. The molecule has 22 heavy (non-hydrogen) atoms. The van der Waals surface area contributed by atoms with Gasteiger partial charge < -0.3 is 4.98 Å². The fourth-order valence-corrected chi connectivity index (χ4v) is 2.09. The number of nitrogens with one attached hydrogen (secondary N) is 2. The molecule has 5 nitrogen and oxygen atoms in total. The number of carbonyl (C=O) groups excluding carboxylic acids is 1. The largest absolute Gasteiger partial charge is 0.361 e. The smallest absolute Gasteiger partial charge is 0.271 e. The van der Waals surface area contributed by atoms with E-state index in [0.29, 0.717) is 5.56 Å². The zero-order chi connectivity index (χ0) is 15.2. The first-order valence-electron chi connectivity index (χ1n) is 6.81. The van der Waals surface area contributed by atoms with E-state index in [2.05, 4.69) is 20.5 Å². The lowest BCUT2D eigenvalue weighted by Crippen LogP contribution is -2.17. The zero-order valence-electron chi connectivity index (χ0n) is 11.7. The van der Waals surface area contributed by atoms with Gasteiger partial charge in [0.2, 0.25) is 0 Å². The van der Waals surface area contributed by atoms with Crippen molar-refractivity contribution in [3.63, 3.8) is 0 Å². The molecule has 3 rings (SSSR count). The number of aromatic nitrogens is 2. The molecule has 3 aromatic rings. The van der Waals surface area contributed by atoms with Crippen molar-refractivity contribution in [3.05, 3.63) is 72.2 Å². The third-order valence-corrected chi connectivity index (χ3v) is 3.17. The number of pyridine rings is 1. The average Bonchev–Trinajstić information content (AvgIpc) is 2.98. The number of H-pyrrole nitrogens is 1. The highest BCUT2D eigenvalue weighted by molar-refractivity contribution is 5.95. The third-order valence-electron chi connectivity index (χ3n) is 3.17. The van der Waals surface area contributed by atoms with Crippen LogP contribution >= 0.6 is 0 Å². The van der Waals surface area contributed by atoms with Crippen LogP contribution in [0.25, 0.3) is 17.0 Å². The molecule has 108 valence electrons. The fourth-order valence-electron chi connectivity index (χ4n) is 2.09. The van der Waals surface area contributed by atoms with Crippen molar-refractivity contribution in [1.82, 2.24) is 15.4 Å². The second-order valence-corrected chi connectivity index (χ2v) is 4.60. The summed E-state index contributed by atoms with van der Waals surface area (Å²) in [7, 11) is 0. The Hall–Kier alpha value is -3.21. The van der Waals surface area contributed by atoms with E-state index in [0.717, 1.165) is 16.5 Å². The lowest BCUT2D eigenvalue weighted by atomic mass is 10.2. The van der Waals surface area contributed by atoms with E-state index in [1.165, 1.54) is 0 Å². The summed E-state index contributed by atoms with van der Waals surface area (Å²) in [6.45, 7) is 0. The highest BCUT2D eigenvalue weighted by Crippen LogP contribution is 2.18. The maximum absolute atomic E-state index is 11.7. The second kappa shape index (κ2) is 6.49. The molecule has 0 aliphatic carbocycles. The summed E-state index contributed by atoms with van der Waals surface area (Å²) in [4.78, 5) is 18.8. The first-order valence-corrected chi connectivity index (χ1v) is 6.81. The normalized spacial score (nSPS) is 11.5. The van der Waals surface area contributed by atoms with Crippen LogP contribution in [0.15, 0.2) is 66.2 Å². The van der Waals surface area contributed by atoms with Crippen LogP contribution in [0, 0.1) is 0 Å². The number of allylic oxidation sites excluding steroid dienone is 1. The Labute approximate surface area is 127 Å². The van der Waals surface area contributed by atoms with E-state index in [9.17, 15) is 4.79 Å². The molecule has 1 aromatic carbocycles. The highest BCUT2D eigenvalue weighted by Gasteiger charge is 2.01. The average molecular weight is 290 g/mol. The van der Waals surface area contributed by atoms with Crippen molar-refractivity contribution in [2.45, 2.75) is 0 Å². The van der Waals surface area contributed by atoms with E-state index in [-0.39, 0.29) is 5.91 Å². The van der Waals surface area contributed by atoms with Gasteiger partial charge in [0.25, 0.3) is 5.91 Å². The number of nitrogens with zero attached hydrogens (tertiary/aromatic N) is 2. The molecular formula is C17H14N4O. The van der Waals surface area contributed by atoms with Gasteiger partial charge in [0, 0.05) is 41.3 Å². The Kier molecular flexibility index (Phi) is 4.06. The molecule has 0 aliphatic rings. The molecule has 0 unspecified atom stereocenters. The Morgan fingerprint density at radius 3 is 2.86 bits per heavy atom. The lowest BCUT2D eigenvalue weighted by Gasteiger charge is -1.97. The summed E-state index contributed by atoms with van der Waals surface area (Å²) >= 11 is 0. The van der Waals surface area contributed by atoms with Crippen LogP contribution in [-0.4, -0.2) is 22.1 Å². The SMILES string of the molecule is O=C(N/N=C/C=C/c1c[nH]c2ccccc12)c1ccncc1. The topological polar surface area (TPSA) is 70.1 Å². The molecule has 0 spiro atoms. The van der Waals surface area contributed by atoms with Crippen LogP contribution in [0.3, 0.4) is 0 Å².